The summed E-state index contributed by atoms with van der Waals surface area (Å²) in [6, 6.07) is 5.33. The number of hydrogen-bond donors (Lipinski definition) is 1. The van der Waals surface area contributed by atoms with E-state index in [-0.39, 0.29) is 11.8 Å². The quantitative estimate of drug-likeness (QED) is 0.845. The molecule has 0 unspecified atom stereocenters. The van der Waals surface area contributed by atoms with Crippen LogP contribution in [0.4, 0.5) is 5.69 Å². The van der Waals surface area contributed by atoms with Crippen LogP contribution in [0.25, 0.3) is 0 Å². The maximum Gasteiger partial charge on any atom is 0.227 e. The highest BCUT2D eigenvalue weighted by atomic mass is 16.5. The van der Waals surface area contributed by atoms with E-state index in [9.17, 15) is 4.79 Å². The molecule has 1 amide bonds. The SMILES string of the molecule is CCC[C@@H](C)C(=O)Nc1cc(OC)ccc1OC. The van der Waals surface area contributed by atoms with Crippen LogP contribution in [0, 0.1) is 5.92 Å². The number of rotatable bonds is 6. The number of benzene rings is 1. The summed E-state index contributed by atoms with van der Waals surface area (Å²) in [5.74, 6) is 1.32. The molecule has 1 N–H and O–H groups in total. The Balaban J connectivity index is 2.84. The van der Waals surface area contributed by atoms with Gasteiger partial charge in [0.15, 0.2) is 0 Å². The van der Waals surface area contributed by atoms with E-state index in [4.69, 9.17) is 9.47 Å². The first-order valence-corrected chi connectivity index (χ1v) is 6.15. The number of carbonyl (C=O) groups excluding carboxylic acids is 1. The van der Waals surface area contributed by atoms with Crippen LogP contribution < -0.4 is 14.8 Å². The van der Waals surface area contributed by atoms with Gasteiger partial charge in [0.2, 0.25) is 5.91 Å². The molecule has 0 spiro atoms. The van der Waals surface area contributed by atoms with E-state index in [0.717, 1.165) is 12.8 Å². The number of anilines is 1. The lowest BCUT2D eigenvalue weighted by Gasteiger charge is -2.14. The monoisotopic (exact) mass is 251 g/mol. The van der Waals surface area contributed by atoms with E-state index < -0.39 is 0 Å². The molecule has 0 fully saturated rings. The van der Waals surface area contributed by atoms with E-state index in [2.05, 4.69) is 12.2 Å². The van der Waals surface area contributed by atoms with Crippen molar-refractivity contribution >= 4 is 11.6 Å². The fourth-order valence-corrected chi connectivity index (χ4v) is 1.73. The first kappa shape index (κ1) is 14.4. The lowest BCUT2D eigenvalue weighted by molar-refractivity contribution is -0.119. The minimum Gasteiger partial charge on any atom is -0.497 e. The van der Waals surface area contributed by atoms with Crippen LogP contribution in [-0.2, 0) is 4.79 Å². The molecule has 0 aliphatic carbocycles. The molecule has 1 aromatic rings. The summed E-state index contributed by atoms with van der Waals surface area (Å²) < 4.78 is 10.4. The van der Waals surface area contributed by atoms with Crippen LogP contribution in [0.2, 0.25) is 0 Å². The first-order chi connectivity index (χ1) is 8.62. The second kappa shape index (κ2) is 6.89. The van der Waals surface area contributed by atoms with Gasteiger partial charge in [0.1, 0.15) is 11.5 Å². The van der Waals surface area contributed by atoms with Gasteiger partial charge in [0.05, 0.1) is 19.9 Å². The summed E-state index contributed by atoms with van der Waals surface area (Å²) in [7, 11) is 3.17. The number of hydrogen-bond acceptors (Lipinski definition) is 3. The van der Waals surface area contributed by atoms with Gasteiger partial charge in [-0.05, 0) is 18.6 Å². The number of amides is 1. The van der Waals surface area contributed by atoms with Gasteiger partial charge in [0.25, 0.3) is 0 Å². The Morgan fingerprint density at radius 1 is 1.33 bits per heavy atom. The third-order valence-corrected chi connectivity index (χ3v) is 2.83. The molecule has 4 heteroatoms. The highest BCUT2D eigenvalue weighted by Crippen LogP contribution is 2.29. The van der Waals surface area contributed by atoms with Crippen molar-refractivity contribution in [2.24, 2.45) is 5.92 Å². The number of ether oxygens (including phenoxy) is 2. The van der Waals surface area contributed by atoms with Crippen molar-refractivity contribution in [2.75, 3.05) is 19.5 Å². The molecule has 0 aromatic heterocycles. The summed E-state index contributed by atoms with van der Waals surface area (Å²) >= 11 is 0. The topological polar surface area (TPSA) is 47.6 Å². The molecule has 1 atom stereocenters. The normalized spacial score (nSPS) is 11.8. The maximum atomic E-state index is 12.0. The maximum absolute atomic E-state index is 12.0. The summed E-state index contributed by atoms with van der Waals surface area (Å²) in [5, 5.41) is 2.88. The van der Waals surface area contributed by atoms with Gasteiger partial charge >= 0.3 is 0 Å². The minimum absolute atomic E-state index is 0.00315. The molecule has 4 nitrogen and oxygen atoms in total. The molecular weight excluding hydrogens is 230 g/mol. The second-order valence-electron chi connectivity index (χ2n) is 4.25. The Morgan fingerprint density at radius 2 is 2.06 bits per heavy atom. The Bertz CT molecular complexity index is 404. The van der Waals surface area contributed by atoms with Crippen molar-refractivity contribution in [1.29, 1.82) is 0 Å². The highest BCUT2D eigenvalue weighted by Gasteiger charge is 2.14. The van der Waals surface area contributed by atoms with E-state index in [1.807, 2.05) is 6.92 Å². The molecule has 1 aromatic carbocycles. The van der Waals surface area contributed by atoms with Crippen LogP contribution in [-0.4, -0.2) is 20.1 Å². The molecule has 18 heavy (non-hydrogen) atoms. The van der Waals surface area contributed by atoms with Gasteiger partial charge in [-0.2, -0.15) is 0 Å². The van der Waals surface area contributed by atoms with Crippen LogP contribution in [0.5, 0.6) is 11.5 Å². The second-order valence-corrected chi connectivity index (χ2v) is 4.25. The van der Waals surface area contributed by atoms with Gasteiger partial charge in [-0.3, -0.25) is 4.79 Å². The summed E-state index contributed by atoms with van der Waals surface area (Å²) in [5.41, 5.74) is 0.643. The summed E-state index contributed by atoms with van der Waals surface area (Å²) in [6.07, 6.45) is 1.86. The standard InChI is InChI=1S/C14H21NO3/c1-5-6-10(2)14(16)15-12-9-11(17-3)7-8-13(12)18-4/h7-10H,5-6H2,1-4H3,(H,15,16)/t10-/m1/s1. The molecular formula is C14H21NO3. The minimum atomic E-state index is -0.00842. The fraction of sp³-hybridized carbons (Fsp3) is 0.500. The van der Waals surface area contributed by atoms with Gasteiger partial charge in [0, 0.05) is 12.0 Å². The average Bonchev–Trinajstić information content (AvgIpc) is 2.38. The first-order valence-electron chi connectivity index (χ1n) is 6.15. The number of methoxy groups -OCH3 is 2. The molecule has 0 bridgehead atoms. The summed E-state index contributed by atoms with van der Waals surface area (Å²) in [4.78, 5) is 12.0. The van der Waals surface area contributed by atoms with Crippen molar-refractivity contribution in [3.05, 3.63) is 18.2 Å². The van der Waals surface area contributed by atoms with Crippen LogP contribution in [0.1, 0.15) is 26.7 Å². The van der Waals surface area contributed by atoms with E-state index in [0.29, 0.717) is 17.2 Å². The lowest BCUT2D eigenvalue weighted by Crippen LogP contribution is -2.20. The Morgan fingerprint density at radius 3 is 2.61 bits per heavy atom. The molecule has 1 rings (SSSR count). The predicted molar refractivity (Wildman–Crippen MR) is 72.2 cm³/mol. The molecule has 0 radical (unpaired) electrons. The highest BCUT2D eigenvalue weighted by molar-refractivity contribution is 5.94. The largest absolute Gasteiger partial charge is 0.497 e. The smallest absolute Gasteiger partial charge is 0.227 e. The van der Waals surface area contributed by atoms with Crippen molar-refractivity contribution in [2.45, 2.75) is 26.7 Å². The zero-order valence-corrected chi connectivity index (χ0v) is 11.4. The van der Waals surface area contributed by atoms with Crippen molar-refractivity contribution < 1.29 is 14.3 Å². The van der Waals surface area contributed by atoms with Gasteiger partial charge < -0.3 is 14.8 Å². The van der Waals surface area contributed by atoms with E-state index in [1.165, 1.54) is 0 Å². The average molecular weight is 251 g/mol. The molecule has 0 heterocycles. The number of carbonyl (C=O) groups is 1. The third-order valence-electron chi connectivity index (χ3n) is 2.83. The van der Waals surface area contributed by atoms with E-state index >= 15 is 0 Å². The summed E-state index contributed by atoms with van der Waals surface area (Å²) in [6.45, 7) is 3.99. The van der Waals surface area contributed by atoms with Gasteiger partial charge in [-0.1, -0.05) is 20.3 Å². The molecule has 0 saturated heterocycles. The van der Waals surface area contributed by atoms with Crippen molar-refractivity contribution in [3.63, 3.8) is 0 Å². The Labute approximate surface area is 108 Å². The van der Waals surface area contributed by atoms with Crippen molar-refractivity contribution in [1.82, 2.24) is 0 Å². The predicted octanol–water partition coefficient (Wildman–Crippen LogP) is 3.08. The van der Waals surface area contributed by atoms with Crippen LogP contribution >= 0.6 is 0 Å². The van der Waals surface area contributed by atoms with Gasteiger partial charge in [-0.15, -0.1) is 0 Å². The zero-order valence-electron chi connectivity index (χ0n) is 11.4. The Hall–Kier alpha value is -1.71. The lowest BCUT2D eigenvalue weighted by atomic mass is 10.1. The van der Waals surface area contributed by atoms with Crippen LogP contribution in [0.3, 0.4) is 0 Å². The molecule has 0 aliphatic heterocycles. The van der Waals surface area contributed by atoms with Crippen LogP contribution in [0.15, 0.2) is 18.2 Å². The third kappa shape index (κ3) is 3.65. The number of nitrogens with one attached hydrogen (secondary N) is 1. The van der Waals surface area contributed by atoms with Crippen molar-refractivity contribution in [3.8, 4) is 11.5 Å². The molecule has 100 valence electrons. The molecule has 0 aliphatic rings. The Kier molecular flexibility index (Phi) is 5.49. The molecule has 0 saturated carbocycles. The zero-order chi connectivity index (χ0) is 13.5. The van der Waals surface area contributed by atoms with E-state index in [1.54, 1.807) is 32.4 Å². The van der Waals surface area contributed by atoms with Gasteiger partial charge in [-0.25, -0.2) is 0 Å². The fourth-order valence-electron chi connectivity index (χ4n) is 1.73.